The number of benzene rings is 1. The molecule has 1 aromatic rings. The molecule has 1 saturated carbocycles. The van der Waals surface area contributed by atoms with Crippen LogP contribution < -0.4 is 0 Å². The molecule has 1 aliphatic carbocycles. The molecule has 3 aliphatic rings. The number of ether oxygens (including phenoxy) is 2. The van der Waals surface area contributed by atoms with E-state index >= 15 is 0 Å². The van der Waals surface area contributed by atoms with Crippen LogP contribution in [0.5, 0.6) is 0 Å². The Bertz CT molecular complexity index is 662. The van der Waals surface area contributed by atoms with E-state index in [-0.39, 0.29) is 11.4 Å². The van der Waals surface area contributed by atoms with Crippen LogP contribution in [0.2, 0.25) is 0 Å². The maximum Gasteiger partial charge on any atom is 0.336 e. The third-order valence-electron chi connectivity index (χ3n) is 5.81. The Morgan fingerprint density at radius 1 is 1.28 bits per heavy atom. The van der Waals surface area contributed by atoms with Crippen molar-refractivity contribution < 1.29 is 23.8 Å². The highest BCUT2D eigenvalue weighted by molar-refractivity contribution is 5.90. The second kappa shape index (κ2) is 6.67. The van der Waals surface area contributed by atoms with Gasteiger partial charge in [0.25, 0.3) is 0 Å². The molecule has 25 heavy (non-hydrogen) atoms. The van der Waals surface area contributed by atoms with Crippen LogP contribution in [0.4, 0.5) is 4.39 Å². The Hall–Kier alpha value is -1.50. The number of carboxylic acids is 1. The van der Waals surface area contributed by atoms with Crippen molar-refractivity contribution in [3.05, 3.63) is 34.6 Å². The quantitative estimate of drug-likeness (QED) is 0.909. The van der Waals surface area contributed by atoms with E-state index in [1.165, 1.54) is 6.07 Å². The minimum Gasteiger partial charge on any atom is -0.478 e. The van der Waals surface area contributed by atoms with Crippen molar-refractivity contribution in [2.45, 2.75) is 44.4 Å². The Balaban J connectivity index is 1.39. The summed E-state index contributed by atoms with van der Waals surface area (Å²) >= 11 is 0. The summed E-state index contributed by atoms with van der Waals surface area (Å²) in [7, 11) is 0. The van der Waals surface area contributed by atoms with Crippen LogP contribution >= 0.6 is 0 Å². The van der Waals surface area contributed by atoms with Crippen LogP contribution in [0.1, 0.15) is 47.2 Å². The smallest absolute Gasteiger partial charge is 0.336 e. The molecule has 2 heterocycles. The second-order valence-electron chi connectivity index (χ2n) is 7.43. The molecule has 6 heteroatoms. The van der Waals surface area contributed by atoms with E-state index in [0.29, 0.717) is 32.1 Å². The lowest BCUT2D eigenvalue weighted by Gasteiger charge is -2.38. The van der Waals surface area contributed by atoms with Crippen LogP contribution in [0.3, 0.4) is 0 Å². The third kappa shape index (κ3) is 3.43. The number of halogens is 1. The highest BCUT2D eigenvalue weighted by atomic mass is 19.1. The lowest BCUT2D eigenvalue weighted by molar-refractivity contribution is -0.183. The first-order valence-electron chi connectivity index (χ1n) is 9.09. The van der Waals surface area contributed by atoms with Crippen LogP contribution in [-0.2, 0) is 22.4 Å². The Kier molecular flexibility index (Phi) is 4.52. The number of hydrogen-bond donors (Lipinski definition) is 1. The highest BCUT2D eigenvalue weighted by Crippen LogP contribution is 2.39. The Morgan fingerprint density at radius 3 is 2.68 bits per heavy atom. The molecule has 4 rings (SSSR count). The summed E-state index contributed by atoms with van der Waals surface area (Å²) < 4.78 is 25.3. The standard InChI is InChI=1S/C19H24FNO4/c20-15-9-14-12-21(6-3-16(14)17(10-15)18(22)23)11-13-1-4-19(5-2-13)24-7-8-25-19/h9-10,13H,1-8,11-12H2,(H,22,23). The van der Waals surface area contributed by atoms with Gasteiger partial charge < -0.3 is 14.6 Å². The molecule has 0 amide bonds. The van der Waals surface area contributed by atoms with E-state index < -0.39 is 11.8 Å². The van der Waals surface area contributed by atoms with Crippen molar-refractivity contribution >= 4 is 5.97 Å². The molecule has 1 N–H and O–H groups in total. The number of carbonyl (C=O) groups is 1. The van der Waals surface area contributed by atoms with E-state index in [2.05, 4.69) is 4.90 Å². The highest BCUT2D eigenvalue weighted by Gasteiger charge is 2.40. The van der Waals surface area contributed by atoms with Gasteiger partial charge in [-0.05, 0) is 48.4 Å². The van der Waals surface area contributed by atoms with Gasteiger partial charge in [0.05, 0.1) is 18.8 Å². The van der Waals surface area contributed by atoms with Crippen molar-refractivity contribution in [1.82, 2.24) is 4.90 Å². The van der Waals surface area contributed by atoms with Gasteiger partial charge in [-0.15, -0.1) is 0 Å². The number of rotatable bonds is 3. The van der Waals surface area contributed by atoms with Gasteiger partial charge in [-0.3, -0.25) is 4.90 Å². The van der Waals surface area contributed by atoms with Gasteiger partial charge in [0.15, 0.2) is 5.79 Å². The van der Waals surface area contributed by atoms with E-state index in [9.17, 15) is 14.3 Å². The predicted octanol–water partition coefficient (Wildman–Crippen LogP) is 2.82. The zero-order chi connectivity index (χ0) is 17.4. The van der Waals surface area contributed by atoms with Crippen molar-refractivity contribution in [1.29, 1.82) is 0 Å². The molecule has 0 bridgehead atoms. The van der Waals surface area contributed by atoms with Crippen molar-refractivity contribution in [3.63, 3.8) is 0 Å². The molecule has 1 saturated heterocycles. The maximum absolute atomic E-state index is 13.8. The average Bonchev–Trinajstić information content (AvgIpc) is 3.04. The topological polar surface area (TPSA) is 59.0 Å². The van der Waals surface area contributed by atoms with Gasteiger partial charge in [0, 0.05) is 32.5 Å². The molecule has 136 valence electrons. The number of hydrogen-bond acceptors (Lipinski definition) is 4. The predicted molar refractivity (Wildman–Crippen MR) is 88.9 cm³/mol. The zero-order valence-electron chi connectivity index (χ0n) is 14.3. The average molecular weight is 349 g/mol. The molecule has 1 aromatic carbocycles. The molecule has 2 fully saturated rings. The normalized spacial score (nSPS) is 23.7. The van der Waals surface area contributed by atoms with Gasteiger partial charge in [0.1, 0.15) is 5.82 Å². The van der Waals surface area contributed by atoms with Crippen molar-refractivity contribution in [2.75, 3.05) is 26.3 Å². The van der Waals surface area contributed by atoms with E-state index in [4.69, 9.17) is 9.47 Å². The third-order valence-corrected chi connectivity index (χ3v) is 5.81. The summed E-state index contributed by atoms with van der Waals surface area (Å²) in [6.45, 7) is 3.82. The first-order chi connectivity index (χ1) is 12.0. The fourth-order valence-corrected chi connectivity index (χ4v) is 4.52. The molecular weight excluding hydrogens is 325 g/mol. The summed E-state index contributed by atoms with van der Waals surface area (Å²) in [6.07, 6.45) is 4.71. The fourth-order valence-electron chi connectivity index (χ4n) is 4.52. The molecular formula is C19H24FNO4. The number of nitrogens with zero attached hydrogens (tertiary/aromatic N) is 1. The summed E-state index contributed by atoms with van der Waals surface area (Å²) in [5, 5.41) is 9.29. The summed E-state index contributed by atoms with van der Waals surface area (Å²) in [5.74, 6) is -1.25. The van der Waals surface area contributed by atoms with Crippen LogP contribution in [0.15, 0.2) is 12.1 Å². The molecule has 0 unspecified atom stereocenters. The maximum atomic E-state index is 13.8. The molecule has 2 aliphatic heterocycles. The minimum atomic E-state index is -1.04. The molecule has 0 radical (unpaired) electrons. The van der Waals surface area contributed by atoms with Crippen molar-refractivity contribution in [2.24, 2.45) is 5.92 Å². The first-order valence-corrected chi connectivity index (χ1v) is 9.09. The van der Waals surface area contributed by atoms with Crippen LogP contribution in [0.25, 0.3) is 0 Å². The molecule has 0 aromatic heterocycles. The van der Waals surface area contributed by atoms with E-state index in [0.717, 1.165) is 56.0 Å². The van der Waals surface area contributed by atoms with Gasteiger partial charge >= 0.3 is 5.97 Å². The number of aromatic carboxylic acids is 1. The minimum absolute atomic E-state index is 0.116. The number of carboxylic acid groups (broad SMARTS) is 1. The van der Waals surface area contributed by atoms with Crippen LogP contribution in [0, 0.1) is 11.7 Å². The molecule has 1 spiro atoms. The second-order valence-corrected chi connectivity index (χ2v) is 7.43. The summed E-state index contributed by atoms with van der Waals surface area (Å²) in [4.78, 5) is 13.7. The summed E-state index contributed by atoms with van der Waals surface area (Å²) in [5.41, 5.74) is 1.73. The van der Waals surface area contributed by atoms with E-state index in [1.807, 2.05) is 0 Å². The monoisotopic (exact) mass is 349 g/mol. The van der Waals surface area contributed by atoms with Gasteiger partial charge in [0.2, 0.25) is 0 Å². The SMILES string of the molecule is O=C(O)c1cc(F)cc2c1CCN(CC1CCC3(CC1)OCCO3)C2. The Morgan fingerprint density at radius 2 is 2.00 bits per heavy atom. The fraction of sp³-hybridized carbons (Fsp3) is 0.632. The summed E-state index contributed by atoms with van der Waals surface area (Å²) in [6, 6.07) is 2.63. The Labute approximate surface area is 146 Å². The number of fused-ring (bicyclic) bond motifs is 1. The first kappa shape index (κ1) is 16.9. The van der Waals surface area contributed by atoms with Crippen molar-refractivity contribution in [3.8, 4) is 0 Å². The lowest BCUT2D eigenvalue weighted by atomic mass is 9.84. The van der Waals surface area contributed by atoms with E-state index in [1.54, 1.807) is 0 Å². The van der Waals surface area contributed by atoms with Gasteiger partial charge in [-0.2, -0.15) is 0 Å². The van der Waals surface area contributed by atoms with Crippen LogP contribution in [-0.4, -0.2) is 48.1 Å². The molecule has 5 nitrogen and oxygen atoms in total. The van der Waals surface area contributed by atoms with Gasteiger partial charge in [-0.25, -0.2) is 9.18 Å². The zero-order valence-corrected chi connectivity index (χ0v) is 14.3. The largest absolute Gasteiger partial charge is 0.478 e. The lowest BCUT2D eigenvalue weighted by Crippen LogP contribution is -2.40. The van der Waals surface area contributed by atoms with Gasteiger partial charge in [-0.1, -0.05) is 0 Å². The molecule has 0 atom stereocenters.